The van der Waals surface area contributed by atoms with E-state index in [1.165, 1.54) is 18.3 Å². The summed E-state index contributed by atoms with van der Waals surface area (Å²) in [7, 11) is 0. The second-order valence-corrected chi connectivity index (χ2v) is 8.43. The molecule has 1 fully saturated rings. The molecule has 2 aliphatic rings. The van der Waals surface area contributed by atoms with Crippen LogP contribution >= 0.6 is 0 Å². The molecule has 2 aromatic rings. The first-order valence-corrected chi connectivity index (χ1v) is 9.72. The van der Waals surface area contributed by atoms with Gasteiger partial charge in [0.05, 0.1) is 11.3 Å². The number of nitrogens with zero attached hydrogens (tertiary/aromatic N) is 3. The lowest BCUT2D eigenvalue weighted by Gasteiger charge is -2.43. The summed E-state index contributed by atoms with van der Waals surface area (Å²) in [5.41, 5.74) is -0.126. The van der Waals surface area contributed by atoms with Crippen molar-refractivity contribution < 1.29 is 13.2 Å². The Morgan fingerprint density at radius 3 is 2.71 bits per heavy atom. The van der Waals surface area contributed by atoms with Gasteiger partial charge in [-0.15, -0.1) is 0 Å². The van der Waals surface area contributed by atoms with Crippen molar-refractivity contribution in [3.05, 3.63) is 52.1 Å². The normalized spacial score (nSPS) is 22.4. The minimum absolute atomic E-state index is 0.164. The van der Waals surface area contributed by atoms with E-state index in [-0.39, 0.29) is 22.7 Å². The summed E-state index contributed by atoms with van der Waals surface area (Å²) in [6, 6.07) is 5.33. The molecular formula is C21H24F3N3O. The number of piperidine rings is 1. The van der Waals surface area contributed by atoms with Gasteiger partial charge in [0.25, 0.3) is 5.56 Å². The van der Waals surface area contributed by atoms with E-state index in [9.17, 15) is 18.0 Å². The van der Waals surface area contributed by atoms with Gasteiger partial charge >= 0.3 is 6.18 Å². The first-order chi connectivity index (χ1) is 13.2. The summed E-state index contributed by atoms with van der Waals surface area (Å²) in [6.07, 6.45) is -2.20. The molecule has 0 aliphatic carbocycles. The van der Waals surface area contributed by atoms with Gasteiger partial charge in [0.15, 0.2) is 0 Å². The summed E-state index contributed by atoms with van der Waals surface area (Å²) in [4.78, 5) is 19.1. The number of aromatic nitrogens is 2. The number of hydrogen-bond donors (Lipinski definition) is 0. The smallest absolute Gasteiger partial charge is 0.312 e. The molecule has 1 saturated heterocycles. The van der Waals surface area contributed by atoms with Crippen LogP contribution in [0.4, 0.5) is 13.2 Å². The lowest BCUT2D eigenvalue weighted by Crippen LogP contribution is -2.48. The van der Waals surface area contributed by atoms with Crippen molar-refractivity contribution >= 4 is 0 Å². The predicted octanol–water partition coefficient (Wildman–Crippen LogP) is 4.00. The average molecular weight is 391 g/mol. The van der Waals surface area contributed by atoms with E-state index in [0.717, 1.165) is 37.8 Å². The first kappa shape index (κ1) is 19.2. The number of alkyl halides is 3. The molecule has 0 amide bonds. The molecule has 0 N–H and O–H groups in total. The SMILES string of the molecule is CC(C)CN1C[C@@H]2C[C@H](C1)c1cc(-c3ncccc3C(F)(F)F)cc(=O)n1C2. The van der Waals surface area contributed by atoms with Crippen molar-refractivity contribution in [3.8, 4) is 11.3 Å². The highest BCUT2D eigenvalue weighted by atomic mass is 19.4. The molecule has 2 aromatic heterocycles. The van der Waals surface area contributed by atoms with Crippen LogP contribution in [0.2, 0.25) is 0 Å². The van der Waals surface area contributed by atoms with Crippen molar-refractivity contribution in [2.75, 3.05) is 19.6 Å². The first-order valence-electron chi connectivity index (χ1n) is 9.72. The van der Waals surface area contributed by atoms with Crippen molar-refractivity contribution in [3.63, 3.8) is 0 Å². The highest BCUT2D eigenvalue weighted by Gasteiger charge is 2.37. The summed E-state index contributed by atoms with van der Waals surface area (Å²) < 4.78 is 42.0. The van der Waals surface area contributed by atoms with Crippen LogP contribution in [0, 0.1) is 11.8 Å². The third-order valence-electron chi connectivity index (χ3n) is 5.64. The van der Waals surface area contributed by atoms with Crippen molar-refractivity contribution in [2.45, 2.75) is 38.9 Å². The van der Waals surface area contributed by atoms with Gasteiger partial charge in [-0.3, -0.25) is 9.78 Å². The Labute approximate surface area is 162 Å². The molecule has 2 atom stereocenters. The van der Waals surface area contributed by atoms with Crippen LogP contribution in [0.3, 0.4) is 0 Å². The number of rotatable bonds is 3. The van der Waals surface area contributed by atoms with E-state index in [0.29, 0.717) is 18.4 Å². The second kappa shape index (κ2) is 7.03. The van der Waals surface area contributed by atoms with Crippen molar-refractivity contribution in [1.29, 1.82) is 0 Å². The summed E-state index contributed by atoms with van der Waals surface area (Å²) in [6.45, 7) is 7.80. The van der Waals surface area contributed by atoms with Gasteiger partial charge in [-0.1, -0.05) is 13.8 Å². The van der Waals surface area contributed by atoms with Crippen molar-refractivity contribution in [1.82, 2.24) is 14.5 Å². The lowest BCUT2D eigenvalue weighted by atomic mass is 9.82. The number of likely N-dealkylation sites (tertiary alicyclic amines) is 1. The largest absolute Gasteiger partial charge is 0.418 e. The van der Waals surface area contributed by atoms with Crippen LogP contribution in [0.5, 0.6) is 0 Å². The molecule has 28 heavy (non-hydrogen) atoms. The molecule has 4 nitrogen and oxygen atoms in total. The Morgan fingerprint density at radius 1 is 1.21 bits per heavy atom. The molecule has 0 saturated carbocycles. The number of pyridine rings is 2. The molecule has 7 heteroatoms. The molecule has 0 aromatic carbocycles. The van der Waals surface area contributed by atoms with Crippen LogP contribution in [0.25, 0.3) is 11.3 Å². The molecular weight excluding hydrogens is 367 g/mol. The zero-order chi connectivity index (χ0) is 20.1. The van der Waals surface area contributed by atoms with E-state index < -0.39 is 11.7 Å². The van der Waals surface area contributed by atoms with Gasteiger partial charge in [0, 0.05) is 55.6 Å². The van der Waals surface area contributed by atoms with Crippen LogP contribution in [-0.2, 0) is 12.7 Å². The molecule has 0 spiro atoms. The van der Waals surface area contributed by atoms with Gasteiger partial charge in [0.2, 0.25) is 0 Å². The van der Waals surface area contributed by atoms with E-state index >= 15 is 0 Å². The maximum absolute atomic E-state index is 13.4. The maximum Gasteiger partial charge on any atom is 0.418 e. The molecule has 150 valence electrons. The van der Waals surface area contributed by atoms with E-state index in [2.05, 4.69) is 23.7 Å². The van der Waals surface area contributed by atoms with E-state index in [1.807, 2.05) is 0 Å². The Balaban J connectivity index is 1.76. The Kier molecular flexibility index (Phi) is 4.81. The molecule has 2 bridgehead atoms. The number of fused-ring (bicyclic) bond motifs is 4. The molecule has 2 aliphatic heterocycles. The summed E-state index contributed by atoms with van der Waals surface area (Å²) >= 11 is 0. The molecule has 0 unspecified atom stereocenters. The predicted molar refractivity (Wildman–Crippen MR) is 101 cm³/mol. The summed E-state index contributed by atoms with van der Waals surface area (Å²) in [5, 5.41) is 0. The van der Waals surface area contributed by atoms with Crippen LogP contribution in [-0.4, -0.2) is 34.1 Å². The highest BCUT2D eigenvalue weighted by molar-refractivity contribution is 5.64. The highest BCUT2D eigenvalue weighted by Crippen LogP contribution is 2.39. The van der Waals surface area contributed by atoms with E-state index in [1.54, 1.807) is 10.6 Å². The fraction of sp³-hybridized carbons (Fsp3) is 0.524. The summed E-state index contributed by atoms with van der Waals surface area (Å²) in [5.74, 6) is 1.13. The van der Waals surface area contributed by atoms with Crippen molar-refractivity contribution in [2.24, 2.45) is 11.8 Å². The third kappa shape index (κ3) is 3.60. The molecule has 4 heterocycles. The Bertz CT molecular complexity index is 935. The average Bonchev–Trinajstić information content (AvgIpc) is 2.61. The maximum atomic E-state index is 13.4. The molecule has 4 rings (SSSR count). The lowest BCUT2D eigenvalue weighted by molar-refractivity contribution is -0.137. The van der Waals surface area contributed by atoms with E-state index in [4.69, 9.17) is 0 Å². The minimum atomic E-state index is -4.51. The Hall–Kier alpha value is -2.15. The van der Waals surface area contributed by atoms with Crippen LogP contribution in [0.15, 0.2) is 35.3 Å². The quantitative estimate of drug-likeness (QED) is 0.794. The van der Waals surface area contributed by atoms with Crippen LogP contribution in [0.1, 0.15) is 37.4 Å². The van der Waals surface area contributed by atoms with Gasteiger partial charge in [-0.25, -0.2) is 0 Å². The third-order valence-corrected chi connectivity index (χ3v) is 5.64. The number of halogens is 3. The monoisotopic (exact) mass is 391 g/mol. The minimum Gasteiger partial charge on any atom is -0.312 e. The number of hydrogen-bond acceptors (Lipinski definition) is 3. The second-order valence-electron chi connectivity index (χ2n) is 8.43. The zero-order valence-corrected chi connectivity index (χ0v) is 16.0. The van der Waals surface area contributed by atoms with Gasteiger partial charge < -0.3 is 9.47 Å². The van der Waals surface area contributed by atoms with Crippen LogP contribution < -0.4 is 5.56 Å². The van der Waals surface area contributed by atoms with Gasteiger partial charge in [0.1, 0.15) is 0 Å². The Morgan fingerprint density at radius 2 is 2.00 bits per heavy atom. The zero-order valence-electron chi connectivity index (χ0n) is 16.0. The topological polar surface area (TPSA) is 38.1 Å². The fourth-order valence-electron chi connectivity index (χ4n) is 4.72. The van der Waals surface area contributed by atoms with Gasteiger partial charge in [-0.2, -0.15) is 13.2 Å². The fourth-order valence-corrected chi connectivity index (χ4v) is 4.72. The standard InChI is InChI=1S/C21H24F3N3O/c1-13(2)9-26-10-14-6-16(12-26)18-7-15(8-19(28)27(18)11-14)20-17(21(22,23)24)4-3-5-25-20/h3-5,7-8,13-14,16H,6,9-12H2,1-2H3/t14-,16+/m0/s1. The molecule has 0 radical (unpaired) electrons. The van der Waals surface area contributed by atoms with Gasteiger partial charge in [-0.05, 0) is 36.5 Å².